The van der Waals surface area contributed by atoms with Crippen molar-refractivity contribution >= 4 is 5.52 Å². The third-order valence-electron chi connectivity index (χ3n) is 2.34. The topological polar surface area (TPSA) is 68.9 Å². The summed E-state index contributed by atoms with van der Waals surface area (Å²) < 4.78 is 1.73. The summed E-state index contributed by atoms with van der Waals surface area (Å²) in [7, 11) is 0. The number of nitrogens with zero attached hydrogens (tertiary/aromatic N) is 6. The average Bonchev–Trinajstić information content (AvgIpc) is 2.73. The normalized spacial score (nSPS) is 10.8. The molecule has 3 aromatic rings. The quantitative estimate of drug-likeness (QED) is 0.599. The lowest BCUT2D eigenvalue weighted by Crippen LogP contribution is -1.98. The molecule has 0 atom stereocenters. The Morgan fingerprint density at radius 1 is 1.12 bits per heavy atom. The summed E-state index contributed by atoms with van der Waals surface area (Å²) in [6.45, 7) is 1.92. The van der Waals surface area contributed by atoms with Gasteiger partial charge in [-0.1, -0.05) is 11.3 Å². The van der Waals surface area contributed by atoms with Gasteiger partial charge in [-0.3, -0.25) is 0 Å². The van der Waals surface area contributed by atoms with Gasteiger partial charge >= 0.3 is 0 Å². The van der Waals surface area contributed by atoms with Crippen molar-refractivity contribution in [1.82, 2.24) is 29.8 Å². The minimum Gasteiger partial charge on any atom is -0.225 e. The Kier molecular flexibility index (Phi) is 1.86. The molecule has 3 heterocycles. The van der Waals surface area contributed by atoms with E-state index in [-0.39, 0.29) is 0 Å². The Hall–Kier alpha value is -2.37. The van der Waals surface area contributed by atoms with Crippen LogP contribution in [0.1, 0.15) is 5.69 Å². The molecule has 0 unspecified atom stereocenters. The number of hydrogen-bond donors (Lipinski definition) is 0. The van der Waals surface area contributed by atoms with Gasteiger partial charge < -0.3 is 0 Å². The van der Waals surface area contributed by atoms with Crippen molar-refractivity contribution in [3.05, 3.63) is 36.5 Å². The van der Waals surface area contributed by atoms with Gasteiger partial charge in [0.25, 0.3) is 0 Å². The number of aromatic nitrogens is 6. The van der Waals surface area contributed by atoms with E-state index in [2.05, 4.69) is 25.3 Å². The Morgan fingerprint density at radius 2 is 1.94 bits per heavy atom. The van der Waals surface area contributed by atoms with Crippen LogP contribution in [0, 0.1) is 6.92 Å². The van der Waals surface area contributed by atoms with E-state index in [0.717, 1.165) is 16.9 Å². The van der Waals surface area contributed by atoms with Gasteiger partial charge in [0.2, 0.25) is 0 Å². The standard InChI is InChI=1S/C10H8N6/c1-7-8-3-2-4-9(16(8)15-14-7)10-12-5-11-6-13-10/h2-6H,1H3. The first kappa shape index (κ1) is 8.90. The monoisotopic (exact) mass is 212 g/mol. The summed E-state index contributed by atoms with van der Waals surface area (Å²) in [4.78, 5) is 12.0. The molecule has 78 valence electrons. The molecule has 0 fully saturated rings. The first-order chi connectivity index (χ1) is 7.86. The number of hydrogen-bond acceptors (Lipinski definition) is 5. The van der Waals surface area contributed by atoms with E-state index in [4.69, 9.17) is 0 Å². The second-order valence-electron chi connectivity index (χ2n) is 3.34. The molecule has 0 saturated heterocycles. The predicted octanol–water partition coefficient (Wildman–Crippen LogP) is 0.890. The predicted molar refractivity (Wildman–Crippen MR) is 56.5 cm³/mol. The van der Waals surface area contributed by atoms with E-state index in [1.54, 1.807) is 4.52 Å². The van der Waals surface area contributed by atoms with Gasteiger partial charge in [0, 0.05) is 0 Å². The largest absolute Gasteiger partial charge is 0.225 e. The molecule has 0 N–H and O–H groups in total. The summed E-state index contributed by atoms with van der Waals surface area (Å²) in [6, 6.07) is 5.79. The zero-order chi connectivity index (χ0) is 11.0. The fraction of sp³-hybridized carbons (Fsp3) is 0.100. The molecule has 0 aliphatic heterocycles. The highest BCUT2D eigenvalue weighted by Gasteiger charge is 2.08. The van der Waals surface area contributed by atoms with E-state index in [9.17, 15) is 0 Å². The highest BCUT2D eigenvalue weighted by molar-refractivity contribution is 5.59. The van der Waals surface area contributed by atoms with Crippen LogP contribution in [0.5, 0.6) is 0 Å². The second-order valence-corrected chi connectivity index (χ2v) is 3.34. The van der Waals surface area contributed by atoms with E-state index in [1.165, 1.54) is 12.7 Å². The maximum atomic E-state index is 4.10. The van der Waals surface area contributed by atoms with Gasteiger partial charge in [0.1, 0.15) is 18.3 Å². The molecule has 0 spiro atoms. The maximum Gasteiger partial charge on any atom is 0.181 e. The van der Waals surface area contributed by atoms with E-state index in [0.29, 0.717) is 5.82 Å². The lowest BCUT2D eigenvalue weighted by atomic mass is 10.3. The first-order valence-electron chi connectivity index (χ1n) is 4.79. The van der Waals surface area contributed by atoms with Gasteiger partial charge in [0.15, 0.2) is 5.82 Å². The summed E-state index contributed by atoms with van der Waals surface area (Å²) in [5.41, 5.74) is 2.65. The van der Waals surface area contributed by atoms with Crippen molar-refractivity contribution in [3.8, 4) is 11.5 Å². The van der Waals surface area contributed by atoms with E-state index in [1.807, 2.05) is 25.1 Å². The van der Waals surface area contributed by atoms with Crippen LogP contribution >= 0.6 is 0 Å². The molecule has 0 aliphatic rings. The molecule has 6 nitrogen and oxygen atoms in total. The Morgan fingerprint density at radius 3 is 2.75 bits per heavy atom. The molecule has 3 rings (SSSR count). The fourth-order valence-electron chi connectivity index (χ4n) is 1.58. The van der Waals surface area contributed by atoms with Crippen molar-refractivity contribution in [2.45, 2.75) is 6.92 Å². The summed E-state index contributed by atoms with van der Waals surface area (Å²) in [5, 5.41) is 8.08. The first-order valence-corrected chi connectivity index (χ1v) is 4.79. The van der Waals surface area contributed by atoms with Crippen LogP contribution in [0.25, 0.3) is 17.0 Å². The zero-order valence-corrected chi connectivity index (χ0v) is 8.57. The fourth-order valence-corrected chi connectivity index (χ4v) is 1.58. The number of aryl methyl sites for hydroxylation is 1. The minimum absolute atomic E-state index is 0.588. The Bertz CT molecular complexity index is 630. The molecule has 6 heteroatoms. The number of pyridine rings is 1. The molecule has 3 aromatic heterocycles. The number of fused-ring (bicyclic) bond motifs is 1. The molecule has 0 aromatic carbocycles. The average molecular weight is 212 g/mol. The molecule has 0 radical (unpaired) electrons. The van der Waals surface area contributed by atoms with Crippen LogP contribution in [-0.4, -0.2) is 29.8 Å². The van der Waals surface area contributed by atoms with Crippen molar-refractivity contribution in [1.29, 1.82) is 0 Å². The lowest BCUT2D eigenvalue weighted by molar-refractivity contribution is 0.846. The van der Waals surface area contributed by atoms with Gasteiger partial charge in [-0.15, -0.1) is 5.10 Å². The third-order valence-corrected chi connectivity index (χ3v) is 2.34. The maximum absolute atomic E-state index is 4.10. The molecule has 0 saturated carbocycles. The highest BCUT2D eigenvalue weighted by atomic mass is 15.4. The van der Waals surface area contributed by atoms with Crippen molar-refractivity contribution in [2.75, 3.05) is 0 Å². The van der Waals surface area contributed by atoms with Crippen molar-refractivity contribution < 1.29 is 0 Å². The summed E-state index contributed by atoms with van der Waals surface area (Å²) in [5.74, 6) is 0.588. The minimum atomic E-state index is 0.588. The zero-order valence-electron chi connectivity index (χ0n) is 8.57. The van der Waals surface area contributed by atoms with Gasteiger partial charge in [-0.2, -0.15) is 0 Å². The molecule has 0 bridgehead atoms. The second kappa shape index (κ2) is 3.34. The van der Waals surface area contributed by atoms with Crippen LogP contribution in [0.3, 0.4) is 0 Å². The van der Waals surface area contributed by atoms with Crippen LogP contribution in [0.15, 0.2) is 30.9 Å². The van der Waals surface area contributed by atoms with Crippen LogP contribution in [0.2, 0.25) is 0 Å². The Balaban J connectivity index is 2.32. The number of rotatable bonds is 1. The smallest absolute Gasteiger partial charge is 0.181 e. The highest BCUT2D eigenvalue weighted by Crippen LogP contribution is 2.16. The Labute approximate surface area is 91.0 Å². The van der Waals surface area contributed by atoms with E-state index >= 15 is 0 Å². The van der Waals surface area contributed by atoms with Crippen molar-refractivity contribution in [3.63, 3.8) is 0 Å². The van der Waals surface area contributed by atoms with Crippen LogP contribution in [0.4, 0.5) is 0 Å². The summed E-state index contributed by atoms with van der Waals surface area (Å²) in [6.07, 6.45) is 2.93. The molecular weight excluding hydrogens is 204 g/mol. The molecular formula is C10H8N6. The molecule has 0 aliphatic carbocycles. The van der Waals surface area contributed by atoms with Gasteiger partial charge in [0.05, 0.1) is 11.2 Å². The van der Waals surface area contributed by atoms with Gasteiger partial charge in [-0.05, 0) is 19.1 Å². The van der Waals surface area contributed by atoms with Crippen molar-refractivity contribution in [2.24, 2.45) is 0 Å². The molecule has 0 amide bonds. The summed E-state index contributed by atoms with van der Waals surface area (Å²) >= 11 is 0. The molecule has 16 heavy (non-hydrogen) atoms. The SMILES string of the molecule is Cc1nnn2c(-c3ncncn3)cccc12. The lowest BCUT2D eigenvalue weighted by Gasteiger charge is -2.01. The van der Waals surface area contributed by atoms with Crippen LogP contribution in [-0.2, 0) is 0 Å². The van der Waals surface area contributed by atoms with Gasteiger partial charge in [-0.25, -0.2) is 19.5 Å². The third kappa shape index (κ3) is 1.23. The van der Waals surface area contributed by atoms with E-state index < -0.39 is 0 Å². The van der Waals surface area contributed by atoms with Crippen LogP contribution < -0.4 is 0 Å².